The van der Waals surface area contributed by atoms with Crippen molar-refractivity contribution in [3.8, 4) is 11.8 Å². The molecule has 6 heteroatoms. The van der Waals surface area contributed by atoms with Crippen molar-refractivity contribution in [2.45, 2.75) is 19.3 Å². The number of benzene rings is 2. The number of hydrogen-bond acceptors (Lipinski definition) is 5. The van der Waals surface area contributed by atoms with E-state index in [0.29, 0.717) is 12.8 Å². The normalized spacial score (nSPS) is 11.1. The number of aromatic nitrogens is 4. The average molecular weight is 392 g/mol. The van der Waals surface area contributed by atoms with E-state index in [9.17, 15) is 4.79 Å². The monoisotopic (exact) mass is 392 g/mol. The minimum absolute atomic E-state index is 0.133. The number of aliphatic carboxylic acids is 1. The molecule has 0 unspecified atom stereocenters. The Labute approximate surface area is 171 Å². The summed E-state index contributed by atoms with van der Waals surface area (Å²) in [6.07, 6.45) is 4.74. The number of hydrogen-bond donors (Lipinski definition) is 1. The molecule has 0 radical (unpaired) electrons. The van der Waals surface area contributed by atoms with Crippen LogP contribution in [0, 0.1) is 11.8 Å². The molecule has 0 aliphatic carbocycles. The molecule has 30 heavy (non-hydrogen) atoms. The molecule has 6 nitrogen and oxygen atoms in total. The van der Waals surface area contributed by atoms with Crippen LogP contribution in [-0.2, 0) is 4.79 Å². The molecule has 144 valence electrons. The van der Waals surface area contributed by atoms with Gasteiger partial charge in [-0.2, -0.15) is 0 Å². The second kappa shape index (κ2) is 7.37. The molecule has 0 atom stereocenters. The highest BCUT2D eigenvalue weighted by Crippen LogP contribution is 2.31. The molecule has 0 spiro atoms. The van der Waals surface area contributed by atoms with Gasteiger partial charge in [-0.15, -0.1) is 0 Å². The van der Waals surface area contributed by atoms with E-state index >= 15 is 0 Å². The van der Waals surface area contributed by atoms with E-state index < -0.39 is 5.97 Å². The third-order valence-electron chi connectivity index (χ3n) is 4.94. The van der Waals surface area contributed by atoms with Gasteiger partial charge >= 0.3 is 5.97 Å². The molecule has 0 amide bonds. The van der Waals surface area contributed by atoms with Crippen LogP contribution >= 0.6 is 0 Å². The highest BCUT2D eigenvalue weighted by Gasteiger charge is 2.13. The number of unbranched alkanes of at least 4 members (excludes halogenated alkanes) is 1. The summed E-state index contributed by atoms with van der Waals surface area (Å²) in [6, 6.07) is 13.5. The van der Waals surface area contributed by atoms with Gasteiger partial charge in [-0.3, -0.25) is 14.8 Å². The first kappa shape index (κ1) is 18.0. The lowest BCUT2D eigenvalue weighted by molar-refractivity contribution is -0.137. The standard InChI is InChI=1S/C24H16N4O2/c29-20(30)9-3-1-2-6-15-10-11-18-19(14-15)28-24-17-8-5-13-26-22(17)21-16(23(24)27-18)7-4-12-25-21/h4-5,7-8,10-14H,1,3,9H2,(H,29,30). The van der Waals surface area contributed by atoms with E-state index in [4.69, 9.17) is 15.1 Å². The second-order valence-electron chi connectivity index (χ2n) is 6.97. The van der Waals surface area contributed by atoms with Gasteiger partial charge in [-0.25, -0.2) is 9.97 Å². The zero-order valence-corrected chi connectivity index (χ0v) is 16.0. The molecule has 2 aromatic carbocycles. The van der Waals surface area contributed by atoms with Crippen molar-refractivity contribution in [3.63, 3.8) is 0 Å². The summed E-state index contributed by atoms with van der Waals surface area (Å²) >= 11 is 0. The topological polar surface area (TPSA) is 88.9 Å². The number of fused-ring (bicyclic) bond motifs is 7. The van der Waals surface area contributed by atoms with Crippen molar-refractivity contribution >= 4 is 49.8 Å². The van der Waals surface area contributed by atoms with Gasteiger partial charge in [0.25, 0.3) is 0 Å². The van der Waals surface area contributed by atoms with Crippen LogP contribution in [0.4, 0.5) is 0 Å². The van der Waals surface area contributed by atoms with Gasteiger partial charge in [0.15, 0.2) is 0 Å². The molecule has 0 aliphatic heterocycles. The Kier molecular flexibility index (Phi) is 4.41. The minimum Gasteiger partial charge on any atom is -0.481 e. The number of carboxylic acid groups (broad SMARTS) is 1. The zero-order chi connectivity index (χ0) is 20.5. The Balaban J connectivity index is 1.67. The Bertz CT molecular complexity index is 1520. The fourth-order valence-electron chi connectivity index (χ4n) is 3.57. The van der Waals surface area contributed by atoms with E-state index in [0.717, 1.165) is 49.4 Å². The van der Waals surface area contributed by atoms with E-state index in [1.54, 1.807) is 12.4 Å². The Morgan fingerprint density at radius 2 is 1.53 bits per heavy atom. The van der Waals surface area contributed by atoms with Crippen molar-refractivity contribution in [1.29, 1.82) is 0 Å². The number of rotatable bonds is 3. The third-order valence-corrected chi connectivity index (χ3v) is 4.94. The van der Waals surface area contributed by atoms with Crippen molar-refractivity contribution in [1.82, 2.24) is 19.9 Å². The molecule has 1 N–H and O–H groups in total. The molecule has 3 heterocycles. The lowest BCUT2D eigenvalue weighted by atomic mass is 10.1. The molecule has 0 fully saturated rings. The van der Waals surface area contributed by atoms with Gasteiger partial charge in [0.05, 0.1) is 33.1 Å². The quantitative estimate of drug-likeness (QED) is 0.211. The molecule has 0 bridgehead atoms. The number of nitrogens with zero attached hydrogens (tertiary/aromatic N) is 4. The fourth-order valence-corrected chi connectivity index (χ4v) is 3.57. The highest BCUT2D eigenvalue weighted by atomic mass is 16.4. The largest absolute Gasteiger partial charge is 0.481 e. The SMILES string of the molecule is O=C(O)CCCC#Cc1ccc2nc3c4cccnc4c4ncccc4c3nc2c1. The fraction of sp³-hybridized carbons (Fsp3) is 0.125. The molecule has 5 aromatic rings. The number of carboxylic acids is 1. The smallest absolute Gasteiger partial charge is 0.303 e. The summed E-state index contributed by atoms with van der Waals surface area (Å²) < 4.78 is 0. The molecular formula is C24H16N4O2. The summed E-state index contributed by atoms with van der Waals surface area (Å²) in [6.45, 7) is 0. The maximum absolute atomic E-state index is 10.6. The van der Waals surface area contributed by atoms with Crippen LogP contribution in [0.25, 0.3) is 43.9 Å². The van der Waals surface area contributed by atoms with Gasteiger partial charge in [0.1, 0.15) is 0 Å². The second-order valence-corrected chi connectivity index (χ2v) is 6.97. The Morgan fingerprint density at radius 1 is 0.867 bits per heavy atom. The summed E-state index contributed by atoms with van der Waals surface area (Å²) in [5.74, 6) is 5.33. The Hall–Kier alpha value is -4.11. The van der Waals surface area contributed by atoms with Gasteiger partial charge in [0, 0.05) is 41.6 Å². The predicted molar refractivity (Wildman–Crippen MR) is 116 cm³/mol. The lowest BCUT2D eigenvalue weighted by Crippen LogP contribution is -1.94. The Morgan fingerprint density at radius 3 is 2.20 bits per heavy atom. The molecular weight excluding hydrogens is 376 g/mol. The zero-order valence-electron chi connectivity index (χ0n) is 16.0. The molecule has 0 saturated heterocycles. The van der Waals surface area contributed by atoms with E-state index in [-0.39, 0.29) is 6.42 Å². The van der Waals surface area contributed by atoms with E-state index in [1.165, 1.54) is 0 Å². The van der Waals surface area contributed by atoms with Crippen LogP contribution in [0.1, 0.15) is 24.8 Å². The van der Waals surface area contributed by atoms with Crippen LogP contribution in [0.15, 0.2) is 54.9 Å². The van der Waals surface area contributed by atoms with Crippen LogP contribution in [-0.4, -0.2) is 31.0 Å². The van der Waals surface area contributed by atoms with Gasteiger partial charge in [0.2, 0.25) is 0 Å². The summed E-state index contributed by atoms with van der Waals surface area (Å²) in [7, 11) is 0. The maximum atomic E-state index is 10.6. The summed E-state index contributed by atoms with van der Waals surface area (Å²) in [5, 5.41) is 10.5. The molecule has 0 aliphatic rings. The van der Waals surface area contributed by atoms with Crippen molar-refractivity contribution in [2.75, 3.05) is 0 Å². The maximum Gasteiger partial charge on any atom is 0.303 e. The van der Waals surface area contributed by atoms with Crippen molar-refractivity contribution < 1.29 is 9.90 Å². The van der Waals surface area contributed by atoms with Gasteiger partial charge in [-0.1, -0.05) is 11.8 Å². The van der Waals surface area contributed by atoms with E-state index in [1.807, 2.05) is 42.5 Å². The van der Waals surface area contributed by atoms with E-state index in [2.05, 4.69) is 21.8 Å². The predicted octanol–water partition coefficient (Wildman–Crippen LogP) is 4.49. The lowest BCUT2D eigenvalue weighted by Gasteiger charge is -2.08. The first-order valence-electron chi connectivity index (χ1n) is 9.64. The minimum atomic E-state index is -0.797. The van der Waals surface area contributed by atoms with Crippen molar-refractivity contribution in [2.24, 2.45) is 0 Å². The van der Waals surface area contributed by atoms with Crippen LogP contribution < -0.4 is 0 Å². The van der Waals surface area contributed by atoms with Crippen LogP contribution in [0.3, 0.4) is 0 Å². The van der Waals surface area contributed by atoms with Crippen LogP contribution in [0.5, 0.6) is 0 Å². The van der Waals surface area contributed by atoms with Gasteiger partial charge in [-0.05, 0) is 48.9 Å². The van der Waals surface area contributed by atoms with Crippen molar-refractivity contribution in [3.05, 3.63) is 60.4 Å². The van der Waals surface area contributed by atoms with Crippen LogP contribution in [0.2, 0.25) is 0 Å². The number of pyridine rings is 2. The average Bonchev–Trinajstić information content (AvgIpc) is 2.78. The molecule has 5 rings (SSSR count). The first-order valence-corrected chi connectivity index (χ1v) is 9.64. The summed E-state index contributed by atoms with van der Waals surface area (Å²) in [4.78, 5) is 29.4. The third kappa shape index (κ3) is 3.16. The number of carbonyl (C=O) groups is 1. The summed E-state index contributed by atoms with van der Waals surface area (Å²) in [5.41, 5.74) is 5.59. The first-order chi connectivity index (χ1) is 14.7. The molecule has 3 aromatic heterocycles. The highest BCUT2D eigenvalue weighted by molar-refractivity contribution is 6.21. The van der Waals surface area contributed by atoms with Gasteiger partial charge < -0.3 is 5.11 Å². The molecule has 0 saturated carbocycles.